The number of benzene rings is 1. The van der Waals surface area contributed by atoms with E-state index >= 15 is 0 Å². The molecule has 0 amide bonds. The van der Waals surface area contributed by atoms with Crippen LogP contribution in [0.25, 0.3) is 5.69 Å². The minimum atomic E-state index is -4.36. The fourth-order valence-electron chi connectivity index (χ4n) is 6.20. The summed E-state index contributed by atoms with van der Waals surface area (Å²) in [6, 6.07) is 7.58. The second-order valence-corrected chi connectivity index (χ2v) is 11.4. The van der Waals surface area contributed by atoms with Crippen molar-refractivity contribution in [1.82, 2.24) is 24.6 Å². The van der Waals surface area contributed by atoms with E-state index in [1.165, 1.54) is 11.0 Å². The fourth-order valence-corrected chi connectivity index (χ4v) is 6.39. The van der Waals surface area contributed by atoms with Crippen molar-refractivity contribution in [2.75, 3.05) is 36.0 Å². The van der Waals surface area contributed by atoms with Gasteiger partial charge in [0, 0.05) is 43.2 Å². The molecule has 2 saturated heterocycles. The predicted molar refractivity (Wildman–Crippen MR) is 130 cm³/mol. The molecule has 1 aromatic carbocycles. The molecular formula is C25H22ClF6N7. The van der Waals surface area contributed by atoms with Crippen LogP contribution in [-0.2, 0) is 13.1 Å². The maximum atomic E-state index is 14.0. The first-order valence-electron chi connectivity index (χ1n) is 12.5. The van der Waals surface area contributed by atoms with Crippen molar-refractivity contribution in [3.63, 3.8) is 0 Å². The normalized spacial score (nSPS) is 21.3. The zero-order valence-corrected chi connectivity index (χ0v) is 21.2. The van der Waals surface area contributed by atoms with Crippen LogP contribution in [0.5, 0.6) is 0 Å². The Bertz CT molecular complexity index is 1460. The van der Waals surface area contributed by atoms with E-state index < -0.39 is 29.7 Å². The number of hydrogen-bond acceptors (Lipinski definition) is 6. The van der Waals surface area contributed by atoms with Crippen molar-refractivity contribution in [3.05, 3.63) is 58.3 Å². The Morgan fingerprint density at radius 2 is 1.64 bits per heavy atom. The molecule has 1 saturated carbocycles. The highest BCUT2D eigenvalue weighted by Gasteiger charge is 2.67. The van der Waals surface area contributed by atoms with Gasteiger partial charge in [0.1, 0.15) is 17.1 Å². The highest BCUT2D eigenvalue weighted by Crippen LogP contribution is 2.55. The summed E-state index contributed by atoms with van der Waals surface area (Å²) in [7, 11) is 0. The summed E-state index contributed by atoms with van der Waals surface area (Å²) < 4.78 is 83.7. The third-order valence-electron chi connectivity index (χ3n) is 8.32. The molecule has 3 fully saturated rings. The van der Waals surface area contributed by atoms with E-state index in [0.717, 1.165) is 6.07 Å². The lowest BCUT2D eigenvalue weighted by molar-refractivity contribution is -0.200. The molecule has 14 heteroatoms. The first kappa shape index (κ1) is 24.9. The van der Waals surface area contributed by atoms with E-state index in [9.17, 15) is 26.3 Å². The lowest BCUT2D eigenvalue weighted by Gasteiger charge is -2.60. The van der Waals surface area contributed by atoms with E-state index in [2.05, 4.69) is 15.2 Å². The van der Waals surface area contributed by atoms with Gasteiger partial charge in [-0.15, -0.1) is 10.2 Å². The molecule has 0 radical (unpaired) electrons. The van der Waals surface area contributed by atoms with Crippen molar-refractivity contribution >= 4 is 23.4 Å². The smallest absolute Gasteiger partial charge is 0.355 e. The second kappa shape index (κ2) is 8.23. The number of halogens is 7. The van der Waals surface area contributed by atoms with Crippen molar-refractivity contribution in [3.8, 4) is 5.69 Å². The van der Waals surface area contributed by atoms with Crippen LogP contribution in [0.4, 0.5) is 38.1 Å². The van der Waals surface area contributed by atoms with Crippen molar-refractivity contribution in [1.29, 1.82) is 0 Å². The minimum Gasteiger partial charge on any atom is -0.355 e. The number of anilines is 2. The predicted octanol–water partition coefficient (Wildman–Crippen LogP) is 5.13. The van der Waals surface area contributed by atoms with Gasteiger partial charge in [-0.2, -0.15) is 13.2 Å². The molecule has 39 heavy (non-hydrogen) atoms. The van der Waals surface area contributed by atoms with E-state index in [1.54, 1.807) is 18.2 Å². The Morgan fingerprint density at radius 3 is 2.31 bits per heavy atom. The van der Waals surface area contributed by atoms with Gasteiger partial charge in [-0.05, 0) is 48.7 Å². The minimum absolute atomic E-state index is 0.00568. The average molecular weight is 570 g/mol. The molecule has 0 bridgehead atoms. The SMILES string of the molecule is Fc1ccc(N2CC3(C2)CN(c2nnc4n2-c2ccc(Cl)cc2CN(C2(C(F)(F)F)CC2)C4)C3)nc1C(F)F. The Morgan fingerprint density at radius 1 is 0.923 bits per heavy atom. The number of alkyl halides is 5. The molecule has 0 unspecified atom stereocenters. The molecule has 5 heterocycles. The Hall–Kier alpha value is -3.06. The maximum absolute atomic E-state index is 14.0. The number of rotatable bonds is 4. The van der Waals surface area contributed by atoms with Crippen LogP contribution >= 0.6 is 11.6 Å². The first-order chi connectivity index (χ1) is 18.5. The van der Waals surface area contributed by atoms with Crippen LogP contribution in [0.3, 0.4) is 0 Å². The van der Waals surface area contributed by atoms with Gasteiger partial charge in [0.25, 0.3) is 6.43 Å². The third kappa shape index (κ3) is 3.80. The summed E-state index contributed by atoms with van der Waals surface area (Å²) in [5, 5.41) is 9.11. The molecule has 206 valence electrons. The number of aromatic nitrogens is 4. The van der Waals surface area contributed by atoms with Crippen molar-refractivity contribution < 1.29 is 26.3 Å². The summed E-state index contributed by atoms with van der Waals surface area (Å²) >= 11 is 6.24. The van der Waals surface area contributed by atoms with Gasteiger partial charge < -0.3 is 9.80 Å². The summed E-state index contributed by atoms with van der Waals surface area (Å²) in [6.07, 6.45) is -7.28. The third-order valence-corrected chi connectivity index (χ3v) is 8.56. The van der Waals surface area contributed by atoms with Gasteiger partial charge in [-0.25, -0.2) is 18.2 Å². The highest BCUT2D eigenvalue weighted by molar-refractivity contribution is 6.30. The van der Waals surface area contributed by atoms with Gasteiger partial charge in [0.2, 0.25) is 5.95 Å². The van der Waals surface area contributed by atoms with E-state index in [-0.39, 0.29) is 31.3 Å². The molecule has 2 aromatic heterocycles. The number of hydrogen-bond donors (Lipinski definition) is 0. The largest absolute Gasteiger partial charge is 0.406 e. The average Bonchev–Trinajstić information content (AvgIpc) is 3.57. The molecular weight excluding hydrogens is 548 g/mol. The molecule has 4 aliphatic rings. The van der Waals surface area contributed by atoms with Crippen LogP contribution < -0.4 is 9.80 Å². The van der Waals surface area contributed by atoms with Gasteiger partial charge >= 0.3 is 6.18 Å². The topological polar surface area (TPSA) is 53.3 Å². The Balaban J connectivity index is 1.13. The van der Waals surface area contributed by atoms with E-state index in [1.807, 2.05) is 14.4 Å². The zero-order valence-electron chi connectivity index (χ0n) is 20.4. The van der Waals surface area contributed by atoms with Crippen LogP contribution in [0, 0.1) is 11.2 Å². The Kier molecular flexibility index (Phi) is 5.26. The Labute approximate surface area is 224 Å². The van der Waals surface area contributed by atoms with Gasteiger partial charge in [-0.1, -0.05) is 11.6 Å². The fraction of sp³-hybridized carbons (Fsp3) is 0.480. The van der Waals surface area contributed by atoms with Crippen molar-refractivity contribution in [2.24, 2.45) is 5.41 Å². The monoisotopic (exact) mass is 569 g/mol. The first-order valence-corrected chi connectivity index (χ1v) is 12.9. The standard InChI is InChI=1S/C25H22ClF6N7/c26-15-1-3-17-14(7-15)8-38(24(5-6-24)25(30,31)32)9-19-34-35-22(39(17)19)37-12-23(13-37)10-36(11-23)18-4-2-16(27)20(33-18)21(28)29/h1-4,7,21H,5-6,8-13H2. The molecule has 0 N–H and O–H groups in total. The zero-order chi connectivity index (χ0) is 27.3. The van der Waals surface area contributed by atoms with Crippen LogP contribution in [0.1, 0.15) is 36.3 Å². The second-order valence-electron chi connectivity index (χ2n) is 11.0. The summed E-state index contributed by atoms with van der Waals surface area (Å²) in [6.45, 7) is 2.39. The maximum Gasteiger partial charge on any atom is 0.406 e. The number of nitrogens with zero attached hydrogens (tertiary/aromatic N) is 7. The summed E-state index contributed by atoms with van der Waals surface area (Å²) in [5.41, 5.74) is -1.49. The van der Waals surface area contributed by atoms with Crippen LogP contribution in [0.2, 0.25) is 5.02 Å². The highest BCUT2D eigenvalue weighted by atomic mass is 35.5. The lowest BCUT2D eigenvalue weighted by atomic mass is 9.73. The molecule has 3 aromatic rings. The summed E-state index contributed by atoms with van der Waals surface area (Å²) in [5.74, 6) is 0.232. The quantitative estimate of drug-likeness (QED) is 0.406. The van der Waals surface area contributed by atoms with Gasteiger partial charge in [0.15, 0.2) is 11.6 Å². The molecule has 7 rings (SSSR count). The van der Waals surface area contributed by atoms with E-state index in [0.29, 0.717) is 60.0 Å². The number of fused-ring (bicyclic) bond motifs is 3. The van der Waals surface area contributed by atoms with Crippen molar-refractivity contribution in [2.45, 2.75) is 44.1 Å². The van der Waals surface area contributed by atoms with Gasteiger partial charge in [0.05, 0.1) is 12.2 Å². The van der Waals surface area contributed by atoms with E-state index in [4.69, 9.17) is 11.6 Å². The molecule has 1 spiro atoms. The molecule has 3 aliphatic heterocycles. The molecule has 1 aliphatic carbocycles. The molecule has 0 atom stereocenters. The number of pyridine rings is 1. The van der Waals surface area contributed by atoms with Crippen LogP contribution in [0.15, 0.2) is 30.3 Å². The lowest BCUT2D eigenvalue weighted by Crippen LogP contribution is -2.73. The van der Waals surface area contributed by atoms with Gasteiger partial charge in [-0.3, -0.25) is 9.47 Å². The summed E-state index contributed by atoms with van der Waals surface area (Å²) in [4.78, 5) is 9.08. The molecule has 7 nitrogen and oxygen atoms in total. The van der Waals surface area contributed by atoms with Crippen LogP contribution in [-0.4, -0.2) is 62.5 Å².